The van der Waals surface area contributed by atoms with Gasteiger partial charge < -0.3 is 15.4 Å². The maximum atomic E-state index is 5.77. The Labute approximate surface area is 107 Å². The minimum Gasteiger partial charge on any atom is -0.381 e. The minimum absolute atomic E-state index is 0.357. The summed E-state index contributed by atoms with van der Waals surface area (Å²) in [4.78, 5) is 2.53. The Morgan fingerprint density at radius 1 is 1.24 bits per heavy atom. The molecule has 3 heteroatoms. The lowest BCUT2D eigenvalue weighted by Gasteiger charge is -2.33. The summed E-state index contributed by atoms with van der Waals surface area (Å²) in [6, 6.07) is 1.09. The van der Waals surface area contributed by atoms with Crippen molar-refractivity contribution in [3.63, 3.8) is 0 Å². The highest BCUT2D eigenvalue weighted by Crippen LogP contribution is 2.16. The second-order valence-electron chi connectivity index (χ2n) is 5.80. The van der Waals surface area contributed by atoms with Crippen molar-refractivity contribution in [2.24, 2.45) is 11.7 Å². The van der Waals surface area contributed by atoms with E-state index in [4.69, 9.17) is 10.5 Å². The third-order valence-electron chi connectivity index (χ3n) is 3.77. The first-order chi connectivity index (χ1) is 8.09. The molecule has 2 N–H and O–H groups in total. The van der Waals surface area contributed by atoms with Crippen molar-refractivity contribution in [3.05, 3.63) is 0 Å². The Morgan fingerprint density at radius 3 is 2.47 bits per heavy atom. The third-order valence-corrected chi connectivity index (χ3v) is 3.77. The van der Waals surface area contributed by atoms with E-state index >= 15 is 0 Å². The Kier molecular flexibility index (Phi) is 7.09. The fraction of sp³-hybridized carbons (Fsp3) is 1.00. The van der Waals surface area contributed by atoms with Crippen LogP contribution in [-0.2, 0) is 4.74 Å². The fourth-order valence-corrected chi connectivity index (χ4v) is 2.65. The molecule has 0 radical (unpaired) electrons. The minimum atomic E-state index is 0.357. The normalized spacial score (nSPS) is 21.7. The van der Waals surface area contributed by atoms with Crippen LogP contribution >= 0.6 is 0 Å². The molecule has 1 aliphatic heterocycles. The van der Waals surface area contributed by atoms with Gasteiger partial charge in [0, 0.05) is 31.8 Å². The van der Waals surface area contributed by atoms with E-state index in [9.17, 15) is 0 Å². The molecule has 17 heavy (non-hydrogen) atoms. The summed E-state index contributed by atoms with van der Waals surface area (Å²) in [5, 5.41) is 0. The Morgan fingerprint density at radius 2 is 1.88 bits per heavy atom. The number of rotatable bonds is 7. The van der Waals surface area contributed by atoms with E-state index in [2.05, 4.69) is 25.8 Å². The van der Waals surface area contributed by atoms with Gasteiger partial charge in [0.2, 0.25) is 0 Å². The zero-order valence-electron chi connectivity index (χ0n) is 11.8. The summed E-state index contributed by atoms with van der Waals surface area (Å²) >= 11 is 0. The van der Waals surface area contributed by atoms with E-state index in [-0.39, 0.29) is 0 Å². The van der Waals surface area contributed by atoms with E-state index in [1.807, 2.05) is 0 Å². The monoisotopic (exact) mass is 242 g/mol. The van der Waals surface area contributed by atoms with Gasteiger partial charge in [0.15, 0.2) is 0 Å². The predicted octanol–water partition coefficient (Wildman–Crippen LogP) is 2.25. The molecule has 0 aromatic rings. The average molecular weight is 242 g/mol. The van der Waals surface area contributed by atoms with Crippen molar-refractivity contribution < 1.29 is 4.74 Å². The van der Waals surface area contributed by atoms with Gasteiger partial charge in [0.05, 0.1) is 0 Å². The van der Waals surface area contributed by atoms with Gasteiger partial charge >= 0.3 is 0 Å². The van der Waals surface area contributed by atoms with E-state index in [1.165, 1.54) is 32.2 Å². The molecule has 0 saturated carbocycles. The quantitative estimate of drug-likeness (QED) is 0.744. The van der Waals surface area contributed by atoms with Crippen LogP contribution in [0.1, 0.15) is 46.0 Å². The molecule has 0 bridgehead atoms. The molecule has 1 aliphatic rings. The molecule has 3 nitrogen and oxygen atoms in total. The number of hydrogen-bond donors (Lipinski definition) is 1. The second kappa shape index (κ2) is 8.06. The molecule has 2 atom stereocenters. The van der Waals surface area contributed by atoms with Gasteiger partial charge in [-0.25, -0.2) is 0 Å². The molecule has 0 spiro atoms. The lowest BCUT2D eigenvalue weighted by Crippen LogP contribution is -2.39. The second-order valence-corrected chi connectivity index (χ2v) is 5.80. The zero-order chi connectivity index (χ0) is 12.7. The molecular weight excluding hydrogens is 212 g/mol. The van der Waals surface area contributed by atoms with E-state index < -0.39 is 0 Å². The molecule has 0 aliphatic carbocycles. The summed E-state index contributed by atoms with van der Waals surface area (Å²) in [6.45, 7) is 7.54. The smallest absolute Gasteiger partial charge is 0.0480 e. The van der Waals surface area contributed by atoms with Crippen molar-refractivity contribution in [3.8, 4) is 0 Å². The summed E-state index contributed by atoms with van der Waals surface area (Å²) in [5.41, 5.74) is 5.77. The number of nitrogens with two attached hydrogens (primary N) is 1. The van der Waals surface area contributed by atoms with Crippen LogP contribution < -0.4 is 5.73 Å². The van der Waals surface area contributed by atoms with Crippen molar-refractivity contribution >= 4 is 0 Å². The Hall–Kier alpha value is -0.120. The van der Waals surface area contributed by atoms with Crippen molar-refractivity contribution in [2.75, 3.05) is 26.8 Å². The first-order valence-corrected chi connectivity index (χ1v) is 7.13. The summed E-state index contributed by atoms with van der Waals surface area (Å²) in [7, 11) is 2.26. The van der Waals surface area contributed by atoms with Crippen LogP contribution in [0.3, 0.4) is 0 Å². The van der Waals surface area contributed by atoms with Gasteiger partial charge in [0.25, 0.3) is 0 Å². The summed E-state index contributed by atoms with van der Waals surface area (Å²) in [5.74, 6) is 0.779. The predicted molar refractivity (Wildman–Crippen MR) is 73.1 cm³/mol. The maximum Gasteiger partial charge on any atom is 0.0480 e. The molecule has 2 unspecified atom stereocenters. The van der Waals surface area contributed by atoms with Gasteiger partial charge in [-0.2, -0.15) is 0 Å². The molecule has 1 rings (SSSR count). The van der Waals surface area contributed by atoms with Crippen LogP contribution in [0.2, 0.25) is 0 Å². The van der Waals surface area contributed by atoms with E-state index in [0.29, 0.717) is 6.04 Å². The molecule has 1 heterocycles. The lowest BCUT2D eigenvalue weighted by atomic mass is 10.00. The van der Waals surface area contributed by atoms with Crippen LogP contribution in [0.5, 0.6) is 0 Å². The first-order valence-electron chi connectivity index (χ1n) is 7.13. The van der Waals surface area contributed by atoms with Crippen LogP contribution in [0.25, 0.3) is 0 Å². The third kappa shape index (κ3) is 6.39. The number of hydrogen-bond acceptors (Lipinski definition) is 3. The lowest BCUT2D eigenvalue weighted by molar-refractivity contribution is 0.0385. The zero-order valence-corrected chi connectivity index (χ0v) is 11.8. The van der Waals surface area contributed by atoms with Crippen LogP contribution in [0.4, 0.5) is 0 Å². The highest BCUT2D eigenvalue weighted by Gasteiger charge is 2.19. The molecule has 0 aromatic carbocycles. The molecule has 0 amide bonds. The SMILES string of the molecule is CC(N)CCCC(C)CN(C)C1CCOCC1. The number of nitrogens with zero attached hydrogens (tertiary/aromatic N) is 1. The molecular formula is C14H30N2O. The first kappa shape index (κ1) is 14.9. The van der Waals surface area contributed by atoms with Crippen LogP contribution in [-0.4, -0.2) is 43.8 Å². The van der Waals surface area contributed by atoms with E-state index in [0.717, 1.165) is 31.6 Å². The molecule has 1 fully saturated rings. The van der Waals surface area contributed by atoms with Gasteiger partial charge in [-0.15, -0.1) is 0 Å². The standard InChI is InChI=1S/C14H30N2O/c1-12(5-4-6-13(2)15)11-16(3)14-7-9-17-10-8-14/h12-14H,4-11,15H2,1-3H3. The molecule has 0 aromatic heterocycles. The van der Waals surface area contributed by atoms with E-state index in [1.54, 1.807) is 0 Å². The highest BCUT2D eigenvalue weighted by atomic mass is 16.5. The topological polar surface area (TPSA) is 38.5 Å². The van der Waals surface area contributed by atoms with Crippen LogP contribution in [0.15, 0.2) is 0 Å². The molecule has 102 valence electrons. The van der Waals surface area contributed by atoms with Gasteiger partial charge in [-0.3, -0.25) is 0 Å². The Bertz CT molecular complexity index is 191. The maximum absolute atomic E-state index is 5.77. The van der Waals surface area contributed by atoms with Crippen molar-refractivity contribution in [1.29, 1.82) is 0 Å². The average Bonchev–Trinajstić information content (AvgIpc) is 2.29. The molecule has 1 saturated heterocycles. The fourth-order valence-electron chi connectivity index (χ4n) is 2.65. The Balaban J connectivity index is 2.13. The van der Waals surface area contributed by atoms with Gasteiger partial charge in [0.1, 0.15) is 0 Å². The van der Waals surface area contributed by atoms with Crippen molar-refractivity contribution in [1.82, 2.24) is 4.90 Å². The summed E-state index contributed by atoms with van der Waals surface area (Å²) in [6.07, 6.45) is 6.12. The highest BCUT2D eigenvalue weighted by molar-refractivity contribution is 4.73. The number of ether oxygens (including phenoxy) is 1. The largest absolute Gasteiger partial charge is 0.381 e. The van der Waals surface area contributed by atoms with Crippen molar-refractivity contribution in [2.45, 2.75) is 58.0 Å². The van der Waals surface area contributed by atoms with Gasteiger partial charge in [-0.1, -0.05) is 13.3 Å². The summed E-state index contributed by atoms with van der Waals surface area (Å²) < 4.78 is 5.41. The van der Waals surface area contributed by atoms with Crippen LogP contribution in [0, 0.1) is 5.92 Å². The van der Waals surface area contributed by atoms with Gasteiger partial charge in [-0.05, 0) is 45.6 Å².